The lowest BCUT2D eigenvalue weighted by molar-refractivity contribution is 0.390. The molecule has 0 radical (unpaired) electrons. The lowest BCUT2D eigenvalue weighted by Crippen LogP contribution is -2.30. The lowest BCUT2D eigenvalue weighted by atomic mass is 10.1. The minimum atomic E-state index is -3.82. The second-order valence-corrected chi connectivity index (χ2v) is 9.74. The van der Waals surface area contributed by atoms with Gasteiger partial charge in [-0.05, 0) is 38.5 Å². The molecule has 2 rings (SSSR count). The predicted molar refractivity (Wildman–Crippen MR) is 101 cm³/mol. The molecule has 1 aromatic heterocycles. The van der Waals surface area contributed by atoms with Gasteiger partial charge in [0.05, 0.1) is 4.90 Å². The highest BCUT2D eigenvalue weighted by Gasteiger charge is 2.27. The van der Waals surface area contributed by atoms with Crippen molar-refractivity contribution in [2.24, 2.45) is 0 Å². The molecule has 27 heavy (non-hydrogen) atoms. The molecule has 0 aliphatic rings. The van der Waals surface area contributed by atoms with Crippen LogP contribution in [-0.2, 0) is 20.0 Å². The molecule has 0 bridgehead atoms. The van der Waals surface area contributed by atoms with Crippen molar-refractivity contribution in [2.75, 3.05) is 13.1 Å². The zero-order chi connectivity index (χ0) is 20.4. The van der Waals surface area contributed by atoms with Crippen molar-refractivity contribution in [3.8, 4) is 0 Å². The molecule has 0 amide bonds. The molecule has 0 saturated heterocycles. The van der Waals surface area contributed by atoms with Crippen LogP contribution >= 0.6 is 0 Å². The zero-order valence-electron chi connectivity index (χ0n) is 16.1. The monoisotopic (exact) mass is 415 g/mol. The highest BCUT2D eigenvalue weighted by atomic mass is 32.2. The maximum atomic E-state index is 12.6. The molecular weight excluding hydrogens is 390 g/mol. The molecule has 0 fully saturated rings. The van der Waals surface area contributed by atoms with Gasteiger partial charge in [0.2, 0.25) is 20.0 Å². The Morgan fingerprint density at radius 3 is 2.07 bits per heavy atom. The van der Waals surface area contributed by atoms with Crippen LogP contribution in [0.25, 0.3) is 0 Å². The average Bonchev–Trinajstić information content (AvgIpc) is 2.94. The van der Waals surface area contributed by atoms with Crippen LogP contribution in [-0.4, -0.2) is 39.4 Å². The van der Waals surface area contributed by atoms with Crippen LogP contribution in [0.4, 0.5) is 0 Å². The molecule has 1 N–H and O–H groups in total. The van der Waals surface area contributed by atoms with E-state index in [1.807, 2.05) is 0 Å². The molecular formula is C17H25N3O5S2. The Balaban J connectivity index is 2.25. The van der Waals surface area contributed by atoms with Crippen molar-refractivity contribution >= 4 is 20.0 Å². The normalized spacial score (nSPS) is 13.9. The van der Waals surface area contributed by atoms with Gasteiger partial charge in [0, 0.05) is 19.1 Å². The van der Waals surface area contributed by atoms with Gasteiger partial charge >= 0.3 is 0 Å². The van der Waals surface area contributed by atoms with Crippen LogP contribution in [0, 0.1) is 13.8 Å². The first-order chi connectivity index (χ1) is 12.5. The molecule has 1 heterocycles. The van der Waals surface area contributed by atoms with Crippen LogP contribution in [0.1, 0.15) is 43.8 Å². The summed E-state index contributed by atoms with van der Waals surface area (Å²) in [6.45, 7) is 9.10. The summed E-state index contributed by atoms with van der Waals surface area (Å²) in [7, 11) is -7.37. The van der Waals surface area contributed by atoms with Crippen molar-refractivity contribution in [2.45, 2.75) is 50.5 Å². The molecule has 10 heteroatoms. The Morgan fingerprint density at radius 2 is 1.63 bits per heavy atom. The molecule has 1 atom stereocenters. The van der Waals surface area contributed by atoms with Gasteiger partial charge in [-0.2, -0.15) is 4.31 Å². The van der Waals surface area contributed by atoms with E-state index in [0.717, 1.165) is 0 Å². The SMILES string of the molecule is CCN(CC)S(=O)(=O)c1ccc([C@@H](C)NS(=O)(=O)c2c(C)noc2C)cc1. The molecule has 0 unspecified atom stereocenters. The number of sulfonamides is 2. The Kier molecular flexibility index (Phi) is 6.46. The van der Waals surface area contributed by atoms with Gasteiger partial charge in [-0.25, -0.2) is 21.6 Å². The third-order valence-corrected chi connectivity index (χ3v) is 8.14. The van der Waals surface area contributed by atoms with Crippen LogP contribution in [0.2, 0.25) is 0 Å². The highest BCUT2D eigenvalue weighted by Crippen LogP contribution is 2.23. The van der Waals surface area contributed by atoms with E-state index < -0.39 is 26.1 Å². The van der Waals surface area contributed by atoms with Crippen LogP contribution in [0.3, 0.4) is 0 Å². The quantitative estimate of drug-likeness (QED) is 0.709. The smallest absolute Gasteiger partial charge is 0.246 e. The van der Waals surface area contributed by atoms with Gasteiger partial charge in [-0.15, -0.1) is 0 Å². The summed E-state index contributed by atoms with van der Waals surface area (Å²) in [4.78, 5) is 0.200. The van der Waals surface area contributed by atoms with Gasteiger partial charge in [-0.1, -0.05) is 31.1 Å². The maximum absolute atomic E-state index is 12.6. The topological polar surface area (TPSA) is 110 Å². The van der Waals surface area contributed by atoms with Gasteiger partial charge < -0.3 is 4.52 Å². The summed E-state index contributed by atoms with van der Waals surface area (Å²) >= 11 is 0. The number of nitrogens with zero attached hydrogens (tertiary/aromatic N) is 2. The van der Waals surface area contributed by atoms with Crippen molar-refractivity contribution in [3.63, 3.8) is 0 Å². The third-order valence-electron chi connectivity index (χ3n) is 4.29. The van der Waals surface area contributed by atoms with Gasteiger partial charge in [0.1, 0.15) is 10.6 Å². The van der Waals surface area contributed by atoms with E-state index in [1.54, 1.807) is 39.8 Å². The minimum Gasteiger partial charge on any atom is -0.360 e. The van der Waals surface area contributed by atoms with E-state index in [4.69, 9.17) is 4.52 Å². The van der Waals surface area contributed by atoms with E-state index in [9.17, 15) is 16.8 Å². The summed E-state index contributed by atoms with van der Waals surface area (Å²) in [5.41, 5.74) is 0.927. The zero-order valence-corrected chi connectivity index (χ0v) is 17.7. The first kappa shape index (κ1) is 21.5. The average molecular weight is 416 g/mol. The van der Waals surface area contributed by atoms with Crippen LogP contribution in [0.15, 0.2) is 38.6 Å². The largest absolute Gasteiger partial charge is 0.360 e. The lowest BCUT2D eigenvalue weighted by Gasteiger charge is -2.19. The first-order valence-electron chi connectivity index (χ1n) is 8.59. The summed E-state index contributed by atoms with van der Waals surface area (Å²) < 4.78 is 59.1. The fraction of sp³-hybridized carbons (Fsp3) is 0.471. The molecule has 0 saturated carbocycles. The summed E-state index contributed by atoms with van der Waals surface area (Å²) in [5.74, 6) is 0.216. The van der Waals surface area contributed by atoms with E-state index in [0.29, 0.717) is 18.7 Å². The summed E-state index contributed by atoms with van der Waals surface area (Å²) in [5, 5.41) is 3.67. The van der Waals surface area contributed by atoms with Crippen LogP contribution < -0.4 is 4.72 Å². The number of nitrogens with one attached hydrogen (secondary N) is 1. The molecule has 0 spiro atoms. The van der Waals surface area contributed by atoms with E-state index in [-0.39, 0.29) is 21.2 Å². The Labute approximate surface area is 160 Å². The van der Waals surface area contributed by atoms with Crippen molar-refractivity contribution in [1.82, 2.24) is 14.2 Å². The number of benzene rings is 1. The Bertz CT molecular complexity index is 972. The number of hydrogen-bond donors (Lipinski definition) is 1. The first-order valence-corrected chi connectivity index (χ1v) is 11.5. The molecule has 150 valence electrons. The van der Waals surface area contributed by atoms with Crippen molar-refractivity contribution in [1.29, 1.82) is 0 Å². The van der Waals surface area contributed by atoms with E-state index >= 15 is 0 Å². The summed E-state index contributed by atoms with van der Waals surface area (Å²) in [6.07, 6.45) is 0. The highest BCUT2D eigenvalue weighted by molar-refractivity contribution is 7.89. The standard InChI is InChI=1S/C17H25N3O5S2/c1-6-20(7-2)27(23,24)16-10-8-15(9-11-16)12(3)19-26(21,22)17-13(4)18-25-14(17)5/h8-12,19H,6-7H2,1-5H3/t12-/m1/s1. The molecule has 0 aliphatic carbocycles. The molecule has 0 aliphatic heterocycles. The van der Waals surface area contributed by atoms with Gasteiger partial charge in [0.25, 0.3) is 0 Å². The van der Waals surface area contributed by atoms with Crippen molar-refractivity contribution in [3.05, 3.63) is 41.3 Å². The Morgan fingerprint density at radius 1 is 1.07 bits per heavy atom. The fourth-order valence-electron chi connectivity index (χ4n) is 2.86. The second kappa shape index (κ2) is 8.09. The second-order valence-electron chi connectivity index (χ2n) is 6.15. The predicted octanol–water partition coefficient (Wildman–Crippen LogP) is 2.36. The number of aryl methyl sites for hydroxylation is 2. The molecule has 8 nitrogen and oxygen atoms in total. The number of hydrogen-bond acceptors (Lipinski definition) is 6. The van der Waals surface area contributed by atoms with Crippen LogP contribution in [0.5, 0.6) is 0 Å². The summed E-state index contributed by atoms with van der Waals surface area (Å²) in [6, 6.07) is 5.63. The third kappa shape index (κ3) is 4.40. The van der Waals surface area contributed by atoms with E-state index in [1.165, 1.54) is 23.4 Å². The number of rotatable bonds is 8. The van der Waals surface area contributed by atoms with Gasteiger partial charge in [0.15, 0.2) is 5.76 Å². The fourth-order valence-corrected chi connectivity index (χ4v) is 5.88. The number of aromatic nitrogens is 1. The van der Waals surface area contributed by atoms with Crippen molar-refractivity contribution < 1.29 is 21.4 Å². The van der Waals surface area contributed by atoms with E-state index in [2.05, 4.69) is 9.88 Å². The minimum absolute atomic E-state index is 0.0232. The molecule has 2 aromatic rings. The maximum Gasteiger partial charge on any atom is 0.246 e. The van der Waals surface area contributed by atoms with Gasteiger partial charge in [-0.3, -0.25) is 0 Å². The Hall–Kier alpha value is -1.75. The molecule has 1 aromatic carbocycles.